The summed E-state index contributed by atoms with van der Waals surface area (Å²) in [7, 11) is 0. The van der Waals surface area contributed by atoms with Crippen LogP contribution in [0.3, 0.4) is 0 Å². The minimum absolute atomic E-state index is 0.0176. The smallest absolute Gasteiger partial charge is 0.315 e. The molecule has 21 heavy (non-hydrogen) atoms. The third-order valence-electron chi connectivity index (χ3n) is 3.86. The van der Waals surface area contributed by atoms with E-state index >= 15 is 0 Å². The second-order valence-corrected chi connectivity index (χ2v) is 8.18. The van der Waals surface area contributed by atoms with Crippen molar-refractivity contribution < 1.29 is 4.79 Å². The molecule has 2 N–H and O–H groups in total. The summed E-state index contributed by atoms with van der Waals surface area (Å²) >= 11 is 3.64. The Kier molecular flexibility index (Phi) is 6.36. The van der Waals surface area contributed by atoms with Gasteiger partial charge < -0.3 is 10.6 Å². The van der Waals surface area contributed by atoms with E-state index in [2.05, 4.69) is 27.9 Å². The van der Waals surface area contributed by atoms with Crippen LogP contribution in [0.5, 0.6) is 0 Å². The van der Waals surface area contributed by atoms with Gasteiger partial charge in [0.1, 0.15) is 4.34 Å². The molecule has 1 heterocycles. The van der Waals surface area contributed by atoms with Gasteiger partial charge in [0.25, 0.3) is 0 Å². The van der Waals surface area contributed by atoms with E-state index in [-0.39, 0.29) is 12.1 Å². The molecule has 2 amide bonds. The highest BCUT2D eigenvalue weighted by Gasteiger charge is 2.24. The first-order valence-electron chi connectivity index (χ1n) is 7.72. The van der Waals surface area contributed by atoms with Crippen LogP contribution in [-0.2, 0) is 0 Å². The van der Waals surface area contributed by atoms with Crippen LogP contribution in [0.25, 0.3) is 0 Å². The van der Waals surface area contributed by atoms with Crippen molar-refractivity contribution in [3.8, 4) is 0 Å². The number of nitrogens with zero attached hydrogens (tertiary/aromatic N) is 1. The van der Waals surface area contributed by atoms with Crippen LogP contribution in [0.4, 0.5) is 4.79 Å². The van der Waals surface area contributed by atoms with Gasteiger partial charge in [-0.05, 0) is 46.0 Å². The lowest BCUT2D eigenvalue weighted by Gasteiger charge is -2.28. The third-order valence-corrected chi connectivity index (χ3v) is 6.29. The van der Waals surface area contributed by atoms with Crippen LogP contribution >= 0.6 is 23.1 Å². The number of urea groups is 1. The van der Waals surface area contributed by atoms with Crippen molar-refractivity contribution in [3.63, 3.8) is 0 Å². The highest BCUT2D eigenvalue weighted by atomic mass is 32.2. The van der Waals surface area contributed by atoms with Crippen molar-refractivity contribution in [2.45, 2.75) is 74.5 Å². The SMILES string of the molecule is CCC(C)NC(=O)NC1CCC(Sc2nc(C)cs2)CC1. The first-order valence-corrected chi connectivity index (χ1v) is 9.48. The summed E-state index contributed by atoms with van der Waals surface area (Å²) in [6.45, 7) is 6.15. The Morgan fingerprint density at radius 3 is 2.76 bits per heavy atom. The zero-order valence-electron chi connectivity index (χ0n) is 13.0. The van der Waals surface area contributed by atoms with E-state index in [1.807, 2.05) is 25.6 Å². The van der Waals surface area contributed by atoms with E-state index in [9.17, 15) is 4.79 Å². The van der Waals surface area contributed by atoms with Crippen molar-refractivity contribution in [3.05, 3.63) is 11.1 Å². The van der Waals surface area contributed by atoms with Crippen LogP contribution in [0, 0.1) is 6.92 Å². The minimum atomic E-state index is -0.0176. The van der Waals surface area contributed by atoms with E-state index in [4.69, 9.17) is 0 Å². The van der Waals surface area contributed by atoms with Crippen LogP contribution in [-0.4, -0.2) is 28.3 Å². The molecule has 6 heteroatoms. The fourth-order valence-electron chi connectivity index (χ4n) is 2.41. The average Bonchev–Trinajstić information content (AvgIpc) is 2.86. The molecule has 1 saturated carbocycles. The maximum atomic E-state index is 11.8. The van der Waals surface area contributed by atoms with E-state index in [1.54, 1.807) is 11.3 Å². The van der Waals surface area contributed by atoms with Crippen molar-refractivity contribution in [2.24, 2.45) is 0 Å². The Morgan fingerprint density at radius 2 is 2.19 bits per heavy atom. The van der Waals surface area contributed by atoms with Gasteiger partial charge in [-0.25, -0.2) is 9.78 Å². The lowest BCUT2D eigenvalue weighted by atomic mass is 9.95. The number of carbonyl (C=O) groups excluding carboxylic acids is 1. The molecule has 1 fully saturated rings. The van der Waals surface area contributed by atoms with Crippen molar-refractivity contribution in [1.82, 2.24) is 15.6 Å². The summed E-state index contributed by atoms with van der Waals surface area (Å²) in [5.41, 5.74) is 1.11. The van der Waals surface area contributed by atoms with Crippen LogP contribution < -0.4 is 10.6 Å². The Labute approximate surface area is 135 Å². The van der Waals surface area contributed by atoms with E-state index in [0.717, 1.165) is 37.8 Å². The second kappa shape index (κ2) is 8.03. The molecule has 0 aromatic carbocycles. The number of aromatic nitrogens is 1. The van der Waals surface area contributed by atoms with Gasteiger partial charge in [0, 0.05) is 28.4 Å². The fraction of sp³-hybridized carbons (Fsp3) is 0.733. The number of thiazole rings is 1. The molecule has 1 aliphatic rings. The fourth-order valence-corrected chi connectivity index (χ4v) is 4.69. The molecule has 1 unspecified atom stereocenters. The van der Waals surface area contributed by atoms with Gasteiger partial charge in [-0.15, -0.1) is 11.3 Å². The van der Waals surface area contributed by atoms with Gasteiger partial charge in [-0.2, -0.15) is 0 Å². The minimum Gasteiger partial charge on any atom is -0.336 e. The van der Waals surface area contributed by atoms with Gasteiger partial charge in [0.05, 0.1) is 0 Å². The number of rotatable bonds is 5. The summed E-state index contributed by atoms with van der Waals surface area (Å²) in [4.78, 5) is 16.3. The zero-order chi connectivity index (χ0) is 15.2. The largest absolute Gasteiger partial charge is 0.336 e. The molecule has 0 radical (unpaired) electrons. The van der Waals surface area contributed by atoms with Gasteiger partial charge >= 0.3 is 6.03 Å². The van der Waals surface area contributed by atoms with Gasteiger partial charge in [-0.1, -0.05) is 18.7 Å². The maximum Gasteiger partial charge on any atom is 0.315 e. The second-order valence-electron chi connectivity index (χ2n) is 5.77. The summed E-state index contributed by atoms with van der Waals surface area (Å²) in [6.07, 6.45) is 5.39. The monoisotopic (exact) mass is 327 g/mol. The van der Waals surface area contributed by atoms with Crippen molar-refractivity contribution in [1.29, 1.82) is 0 Å². The third kappa shape index (κ3) is 5.51. The number of amides is 2. The highest BCUT2D eigenvalue weighted by Crippen LogP contribution is 2.35. The predicted octanol–water partition coefficient (Wildman–Crippen LogP) is 3.95. The maximum absolute atomic E-state index is 11.8. The predicted molar refractivity (Wildman–Crippen MR) is 90.2 cm³/mol. The van der Waals surface area contributed by atoms with Crippen LogP contribution in [0.1, 0.15) is 51.6 Å². The summed E-state index contributed by atoms with van der Waals surface area (Å²) in [5.74, 6) is 0. The standard InChI is InChI=1S/C15H25N3OS2/c1-4-10(2)16-14(19)18-12-5-7-13(8-6-12)21-15-17-11(3)9-20-15/h9-10,12-13H,4-8H2,1-3H3,(H2,16,18,19). The first kappa shape index (κ1) is 16.6. The molecular weight excluding hydrogens is 302 g/mol. The molecular formula is C15H25N3OS2. The molecule has 118 valence electrons. The Bertz CT molecular complexity index is 456. The Morgan fingerprint density at radius 1 is 1.48 bits per heavy atom. The normalized spacial score (nSPS) is 23.6. The number of thioether (sulfide) groups is 1. The number of carbonyl (C=O) groups is 1. The molecule has 1 aromatic heterocycles. The van der Waals surface area contributed by atoms with Gasteiger partial charge in [0.2, 0.25) is 0 Å². The van der Waals surface area contributed by atoms with E-state index in [0.29, 0.717) is 11.3 Å². The van der Waals surface area contributed by atoms with Gasteiger partial charge in [0.15, 0.2) is 0 Å². The zero-order valence-corrected chi connectivity index (χ0v) is 14.6. The number of aryl methyl sites for hydroxylation is 1. The van der Waals surface area contributed by atoms with Crippen LogP contribution in [0.2, 0.25) is 0 Å². The number of hydrogen-bond acceptors (Lipinski definition) is 4. The van der Waals surface area contributed by atoms with E-state index in [1.165, 1.54) is 4.34 Å². The lowest BCUT2D eigenvalue weighted by Crippen LogP contribution is -2.46. The molecule has 1 atom stereocenters. The van der Waals surface area contributed by atoms with Crippen molar-refractivity contribution in [2.75, 3.05) is 0 Å². The molecule has 0 bridgehead atoms. The molecule has 1 aromatic rings. The summed E-state index contributed by atoms with van der Waals surface area (Å²) < 4.78 is 1.18. The summed E-state index contributed by atoms with van der Waals surface area (Å²) in [5, 5.41) is 8.82. The topological polar surface area (TPSA) is 54.0 Å². The van der Waals surface area contributed by atoms with E-state index < -0.39 is 0 Å². The highest BCUT2D eigenvalue weighted by molar-refractivity contribution is 8.01. The van der Waals surface area contributed by atoms with Crippen molar-refractivity contribution >= 4 is 29.1 Å². The van der Waals surface area contributed by atoms with Crippen LogP contribution in [0.15, 0.2) is 9.72 Å². The molecule has 0 aliphatic heterocycles. The molecule has 0 spiro atoms. The number of nitrogens with one attached hydrogen (secondary N) is 2. The Hall–Kier alpha value is -0.750. The van der Waals surface area contributed by atoms with Gasteiger partial charge in [-0.3, -0.25) is 0 Å². The molecule has 0 saturated heterocycles. The first-order chi connectivity index (χ1) is 10.1. The average molecular weight is 328 g/mol. The molecule has 4 nitrogen and oxygen atoms in total. The Balaban J connectivity index is 1.69. The number of hydrogen-bond donors (Lipinski definition) is 2. The lowest BCUT2D eigenvalue weighted by molar-refractivity contribution is 0.229. The quantitative estimate of drug-likeness (QED) is 0.861. The summed E-state index contributed by atoms with van der Waals surface area (Å²) in [6, 6.07) is 0.546. The molecule has 1 aliphatic carbocycles. The molecule has 2 rings (SSSR count).